The summed E-state index contributed by atoms with van der Waals surface area (Å²) >= 11 is 12.3. The normalized spacial score (nSPS) is 21.7. The molecule has 1 amide bonds. The zero-order chi connectivity index (χ0) is 21.0. The van der Waals surface area contributed by atoms with Crippen LogP contribution in [0.25, 0.3) is 0 Å². The number of rotatable bonds is 4. The SMILES string of the molecule is O=C(O)c1ccccc1CN1C(=O)C2(CC2c2ccc(Cl)cc2)c2cc(Cl)ccc21. The maximum absolute atomic E-state index is 13.7. The Labute approximate surface area is 183 Å². The van der Waals surface area contributed by atoms with Gasteiger partial charge in [-0.25, -0.2) is 4.79 Å². The van der Waals surface area contributed by atoms with Gasteiger partial charge in [-0.05, 0) is 59.5 Å². The van der Waals surface area contributed by atoms with E-state index in [2.05, 4.69) is 0 Å². The van der Waals surface area contributed by atoms with Crippen LogP contribution in [0.15, 0.2) is 66.7 Å². The van der Waals surface area contributed by atoms with Crippen LogP contribution in [0.5, 0.6) is 0 Å². The minimum absolute atomic E-state index is 0.0140. The van der Waals surface area contributed by atoms with Gasteiger partial charge < -0.3 is 10.0 Å². The lowest BCUT2D eigenvalue weighted by Crippen LogP contribution is -2.33. The number of benzene rings is 3. The number of halogens is 2. The molecule has 5 rings (SSSR count). The third-order valence-corrected chi connectivity index (χ3v) is 6.65. The summed E-state index contributed by atoms with van der Waals surface area (Å²) in [5, 5.41) is 10.8. The van der Waals surface area contributed by atoms with Gasteiger partial charge in [0, 0.05) is 21.7 Å². The van der Waals surface area contributed by atoms with E-state index in [-0.39, 0.29) is 23.9 Å². The van der Waals surface area contributed by atoms with E-state index in [1.165, 1.54) is 0 Å². The lowest BCUT2D eigenvalue weighted by atomic mass is 9.92. The number of hydrogen-bond donors (Lipinski definition) is 1. The number of aromatic carboxylic acids is 1. The fourth-order valence-electron chi connectivity index (χ4n) is 4.66. The van der Waals surface area contributed by atoms with Gasteiger partial charge in [0.1, 0.15) is 0 Å². The molecule has 4 nitrogen and oxygen atoms in total. The molecule has 0 radical (unpaired) electrons. The highest BCUT2D eigenvalue weighted by atomic mass is 35.5. The smallest absolute Gasteiger partial charge is 0.336 e. The highest BCUT2D eigenvalue weighted by molar-refractivity contribution is 6.31. The zero-order valence-electron chi connectivity index (χ0n) is 15.8. The number of fused-ring (bicyclic) bond motifs is 2. The number of carbonyl (C=O) groups is 2. The van der Waals surface area contributed by atoms with Gasteiger partial charge in [0.2, 0.25) is 5.91 Å². The first-order valence-corrected chi connectivity index (χ1v) is 10.4. The Balaban J connectivity index is 1.57. The first-order valence-electron chi connectivity index (χ1n) is 9.60. The largest absolute Gasteiger partial charge is 0.478 e. The molecule has 0 saturated heterocycles. The van der Waals surface area contributed by atoms with E-state index >= 15 is 0 Å². The first kappa shape index (κ1) is 19.2. The van der Waals surface area contributed by atoms with Crippen LogP contribution in [0.4, 0.5) is 5.69 Å². The molecule has 1 aliphatic heterocycles. The molecule has 1 fully saturated rings. The molecule has 0 aromatic heterocycles. The Hall–Kier alpha value is -2.82. The number of amides is 1. The second-order valence-electron chi connectivity index (χ2n) is 7.79. The van der Waals surface area contributed by atoms with E-state index in [9.17, 15) is 14.7 Å². The molecule has 3 aromatic carbocycles. The van der Waals surface area contributed by atoms with Crippen LogP contribution in [0.3, 0.4) is 0 Å². The predicted octanol–water partition coefficient (Wildman–Crippen LogP) is 5.66. The summed E-state index contributed by atoms with van der Waals surface area (Å²) in [5.74, 6) is -0.979. The van der Waals surface area contributed by atoms with Crippen molar-refractivity contribution < 1.29 is 14.7 Å². The van der Waals surface area contributed by atoms with Crippen LogP contribution in [-0.4, -0.2) is 17.0 Å². The molecule has 0 bridgehead atoms. The van der Waals surface area contributed by atoms with E-state index in [0.29, 0.717) is 22.0 Å². The summed E-state index contributed by atoms with van der Waals surface area (Å²) < 4.78 is 0. The van der Waals surface area contributed by atoms with E-state index in [1.54, 1.807) is 35.2 Å². The van der Waals surface area contributed by atoms with Crippen molar-refractivity contribution in [2.75, 3.05) is 4.90 Å². The van der Waals surface area contributed by atoms with Gasteiger partial charge in [-0.15, -0.1) is 0 Å². The fraction of sp³-hybridized carbons (Fsp3) is 0.167. The molecular weight excluding hydrogens is 421 g/mol. The third-order valence-electron chi connectivity index (χ3n) is 6.17. The Morgan fingerprint density at radius 3 is 2.47 bits per heavy atom. The lowest BCUT2D eigenvalue weighted by Gasteiger charge is -2.19. The van der Waals surface area contributed by atoms with Crippen LogP contribution < -0.4 is 4.90 Å². The Bertz CT molecular complexity index is 1190. The van der Waals surface area contributed by atoms with Crippen LogP contribution in [0, 0.1) is 0 Å². The van der Waals surface area contributed by atoms with Gasteiger partial charge in [-0.1, -0.05) is 53.5 Å². The number of carboxylic acid groups (broad SMARTS) is 1. The quantitative estimate of drug-likeness (QED) is 0.572. The summed E-state index contributed by atoms with van der Waals surface area (Å²) in [5.41, 5.74) is 2.90. The molecule has 30 heavy (non-hydrogen) atoms. The molecule has 1 aliphatic carbocycles. The molecule has 1 heterocycles. The molecule has 1 saturated carbocycles. The summed E-state index contributed by atoms with van der Waals surface area (Å²) in [7, 11) is 0. The minimum Gasteiger partial charge on any atom is -0.478 e. The first-order chi connectivity index (χ1) is 14.4. The van der Waals surface area contributed by atoms with Gasteiger partial charge in [-0.2, -0.15) is 0 Å². The molecule has 1 spiro atoms. The fourth-order valence-corrected chi connectivity index (χ4v) is 4.95. The second-order valence-corrected chi connectivity index (χ2v) is 8.67. The third kappa shape index (κ3) is 2.83. The van der Waals surface area contributed by atoms with Crippen molar-refractivity contribution in [3.05, 3.63) is 99.0 Å². The Morgan fingerprint density at radius 2 is 1.73 bits per heavy atom. The Morgan fingerprint density at radius 1 is 1.03 bits per heavy atom. The van der Waals surface area contributed by atoms with E-state index < -0.39 is 11.4 Å². The van der Waals surface area contributed by atoms with E-state index in [0.717, 1.165) is 16.8 Å². The number of hydrogen-bond acceptors (Lipinski definition) is 2. The van der Waals surface area contributed by atoms with Crippen LogP contribution in [0.2, 0.25) is 10.0 Å². The van der Waals surface area contributed by atoms with Gasteiger partial charge >= 0.3 is 5.97 Å². The molecule has 150 valence electrons. The number of carbonyl (C=O) groups excluding carboxylic acids is 1. The highest BCUT2D eigenvalue weighted by Crippen LogP contribution is 2.66. The summed E-state index contributed by atoms with van der Waals surface area (Å²) in [6.45, 7) is 0.199. The van der Waals surface area contributed by atoms with Crippen molar-refractivity contribution in [2.45, 2.75) is 24.3 Å². The van der Waals surface area contributed by atoms with E-state index in [4.69, 9.17) is 23.2 Å². The second kappa shape index (κ2) is 6.86. The van der Waals surface area contributed by atoms with Crippen molar-refractivity contribution in [2.24, 2.45) is 0 Å². The molecule has 3 aromatic rings. The molecule has 2 atom stereocenters. The Kier molecular flexibility index (Phi) is 4.38. The average Bonchev–Trinajstić information content (AvgIpc) is 3.44. The maximum Gasteiger partial charge on any atom is 0.336 e. The standard InChI is InChI=1S/C24H17Cl2NO3/c25-16-7-5-14(6-8-16)20-12-24(20)19-11-17(26)9-10-21(19)27(23(24)30)13-15-3-1-2-4-18(15)22(28)29/h1-11,20H,12-13H2,(H,28,29). The summed E-state index contributed by atoms with van der Waals surface area (Å²) in [6.07, 6.45) is 0.692. The molecular formula is C24H17Cl2NO3. The maximum atomic E-state index is 13.7. The highest BCUT2D eigenvalue weighted by Gasteiger charge is 2.67. The van der Waals surface area contributed by atoms with Crippen LogP contribution >= 0.6 is 23.2 Å². The minimum atomic E-state index is -1.01. The van der Waals surface area contributed by atoms with Crippen molar-refractivity contribution in [3.8, 4) is 0 Å². The van der Waals surface area contributed by atoms with Gasteiger partial charge in [-0.3, -0.25) is 4.79 Å². The average molecular weight is 438 g/mol. The molecule has 6 heteroatoms. The van der Waals surface area contributed by atoms with Gasteiger partial charge in [0.15, 0.2) is 0 Å². The molecule has 2 unspecified atom stereocenters. The monoisotopic (exact) mass is 437 g/mol. The van der Waals surface area contributed by atoms with Crippen molar-refractivity contribution in [1.29, 1.82) is 0 Å². The van der Waals surface area contributed by atoms with Crippen molar-refractivity contribution >= 4 is 40.8 Å². The molecule has 2 aliphatic rings. The van der Waals surface area contributed by atoms with Gasteiger partial charge in [0.05, 0.1) is 17.5 Å². The van der Waals surface area contributed by atoms with Gasteiger partial charge in [0.25, 0.3) is 0 Å². The molecule has 1 N–H and O–H groups in total. The number of nitrogens with zero attached hydrogens (tertiary/aromatic N) is 1. The van der Waals surface area contributed by atoms with Crippen LogP contribution in [-0.2, 0) is 16.8 Å². The lowest BCUT2D eigenvalue weighted by molar-refractivity contribution is -0.120. The number of carboxylic acids is 1. The van der Waals surface area contributed by atoms with Crippen molar-refractivity contribution in [1.82, 2.24) is 0 Å². The zero-order valence-corrected chi connectivity index (χ0v) is 17.3. The van der Waals surface area contributed by atoms with Crippen LogP contribution in [0.1, 0.15) is 39.4 Å². The topological polar surface area (TPSA) is 57.6 Å². The summed E-state index contributed by atoms with van der Waals surface area (Å²) in [6, 6.07) is 19.9. The number of anilines is 1. The van der Waals surface area contributed by atoms with E-state index in [1.807, 2.05) is 36.4 Å². The van der Waals surface area contributed by atoms with Crippen molar-refractivity contribution in [3.63, 3.8) is 0 Å². The predicted molar refractivity (Wildman–Crippen MR) is 117 cm³/mol. The summed E-state index contributed by atoms with van der Waals surface area (Å²) in [4.78, 5) is 27.0.